The molecule has 0 bridgehead atoms. The molecule has 0 fully saturated rings. The maximum Gasteiger partial charge on any atom is 0.331 e. The molecule has 1 aliphatic heterocycles. The lowest BCUT2D eigenvalue weighted by molar-refractivity contribution is -0.148. The summed E-state index contributed by atoms with van der Waals surface area (Å²) in [6.07, 6.45) is 3.71. The molecule has 1 aliphatic rings. The minimum Gasteiger partial charge on any atom is -0.493 e. The van der Waals surface area contributed by atoms with Crippen LogP contribution in [0.1, 0.15) is 25.0 Å². The van der Waals surface area contributed by atoms with E-state index in [4.69, 9.17) is 14.2 Å². The van der Waals surface area contributed by atoms with Gasteiger partial charge in [-0.3, -0.25) is 9.59 Å². The van der Waals surface area contributed by atoms with Gasteiger partial charge in [0, 0.05) is 37.7 Å². The SMILES string of the molecule is CCOc1cc2c(cc1/C=C/C(=O)OCC(=O)N(C)CC(=O)NC)O[C@@H](C)C2. The number of nitrogens with one attached hydrogen (secondary N) is 1. The van der Waals surface area contributed by atoms with Crippen LogP contribution in [0.15, 0.2) is 18.2 Å². The third-order valence-corrected chi connectivity index (χ3v) is 4.15. The molecule has 0 unspecified atom stereocenters. The minimum atomic E-state index is -0.668. The van der Waals surface area contributed by atoms with Gasteiger partial charge in [-0.1, -0.05) is 0 Å². The van der Waals surface area contributed by atoms with Crippen LogP contribution in [0, 0.1) is 0 Å². The van der Waals surface area contributed by atoms with Crippen LogP contribution < -0.4 is 14.8 Å². The maximum absolute atomic E-state index is 11.9. The molecule has 0 spiro atoms. The second-order valence-corrected chi connectivity index (χ2v) is 6.43. The number of fused-ring (bicyclic) bond motifs is 1. The summed E-state index contributed by atoms with van der Waals surface area (Å²) in [6, 6.07) is 3.75. The summed E-state index contributed by atoms with van der Waals surface area (Å²) in [5.74, 6) is -0.0164. The van der Waals surface area contributed by atoms with Gasteiger partial charge in [0.1, 0.15) is 17.6 Å². The molecule has 0 radical (unpaired) electrons. The van der Waals surface area contributed by atoms with Crippen LogP contribution in [0.4, 0.5) is 0 Å². The van der Waals surface area contributed by atoms with E-state index in [1.54, 1.807) is 6.08 Å². The van der Waals surface area contributed by atoms with Gasteiger partial charge in [-0.25, -0.2) is 4.79 Å². The number of nitrogens with zero attached hydrogens (tertiary/aromatic N) is 1. The number of benzene rings is 1. The normalized spacial score (nSPS) is 14.9. The third kappa shape index (κ3) is 5.73. The monoisotopic (exact) mass is 390 g/mol. The Labute approximate surface area is 164 Å². The summed E-state index contributed by atoms with van der Waals surface area (Å²) in [5.41, 5.74) is 1.76. The Bertz CT molecular complexity index is 774. The van der Waals surface area contributed by atoms with Crippen LogP contribution in [0.25, 0.3) is 6.08 Å². The summed E-state index contributed by atoms with van der Waals surface area (Å²) in [7, 11) is 2.94. The zero-order valence-corrected chi connectivity index (χ0v) is 16.6. The van der Waals surface area contributed by atoms with Crippen LogP contribution in [0.5, 0.6) is 11.5 Å². The topological polar surface area (TPSA) is 94.2 Å². The molecule has 0 saturated heterocycles. The number of rotatable bonds is 8. The molecule has 1 heterocycles. The first-order valence-corrected chi connectivity index (χ1v) is 9.09. The van der Waals surface area contributed by atoms with Gasteiger partial charge in [0.15, 0.2) is 6.61 Å². The lowest BCUT2D eigenvalue weighted by atomic mass is 10.1. The van der Waals surface area contributed by atoms with Crippen LogP contribution in [-0.4, -0.2) is 62.6 Å². The molecule has 1 aromatic carbocycles. The van der Waals surface area contributed by atoms with E-state index in [2.05, 4.69) is 5.32 Å². The van der Waals surface area contributed by atoms with Crippen LogP contribution in [0.2, 0.25) is 0 Å². The molecule has 0 aromatic heterocycles. The molecule has 1 N–H and O–H groups in total. The predicted octanol–water partition coefficient (Wildman–Crippen LogP) is 1.17. The van der Waals surface area contributed by atoms with Gasteiger partial charge in [0.2, 0.25) is 5.91 Å². The molecule has 0 aliphatic carbocycles. The quantitative estimate of drug-likeness (QED) is 0.529. The number of amides is 2. The van der Waals surface area contributed by atoms with Crippen molar-refractivity contribution in [2.75, 3.05) is 33.9 Å². The maximum atomic E-state index is 11.9. The highest BCUT2D eigenvalue weighted by Gasteiger charge is 2.21. The molecule has 1 atom stereocenters. The van der Waals surface area contributed by atoms with Gasteiger partial charge in [-0.15, -0.1) is 0 Å². The second-order valence-electron chi connectivity index (χ2n) is 6.43. The van der Waals surface area contributed by atoms with Gasteiger partial charge < -0.3 is 24.4 Å². The van der Waals surface area contributed by atoms with Gasteiger partial charge >= 0.3 is 5.97 Å². The molecule has 2 amide bonds. The zero-order valence-electron chi connectivity index (χ0n) is 16.6. The standard InChI is InChI=1S/C20H26N2O6/c1-5-26-16-10-15-8-13(2)28-17(15)9-14(16)6-7-20(25)27-12-19(24)22(4)11-18(23)21-3/h6-7,9-10,13H,5,8,11-12H2,1-4H3,(H,21,23)/b7-6+/t13-/m0/s1. The molecule has 1 aromatic rings. The van der Waals surface area contributed by atoms with Crippen LogP contribution in [-0.2, 0) is 25.5 Å². The second kappa shape index (κ2) is 9.77. The average Bonchev–Trinajstić information content (AvgIpc) is 3.02. The first kappa shape index (κ1) is 21.3. The first-order valence-electron chi connectivity index (χ1n) is 9.09. The van der Waals surface area contributed by atoms with Crippen molar-refractivity contribution in [3.8, 4) is 11.5 Å². The van der Waals surface area contributed by atoms with Crippen molar-refractivity contribution in [1.29, 1.82) is 0 Å². The highest BCUT2D eigenvalue weighted by atomic mass is 16.5. The Balaban J connectivity index is 1.97. The van der Waals surface area contributed by atoms with Crippen molar-refractivity contribution in [3.63, 3.8) is 0 Å². The van der Waals surface area contributed by atoms with Gasteiger partial charge in [-0.2, -0.15) is 0 Å². The number of hydrogen-bond donors (Lipinski definition) is 1. The Morgan fingerprint density at radius 3 is 2.79 bits per heavy atom. The average molecular weight is 390 g/mol. The van der Waals surface area contributed by atoms with E-state index >= 15 is 0 Å². The number of carbonyl (C=O) groups excluding carboxylic acids is 3. The number of hydrogen-bond acceptors (Lipinski definition) is 6. The fraction of sp³-hybridized carbons (Fsp3) is 0.450. The van der Waals surface area contributed by atoms with Crippen LogP contribution >= 0.6 is 0 Å². The molecule has 28 heavy (non-hydrogen) atoms. The summed E-state index contributed by atoms with van der Waals surface area (Å²) in [4.78, 5) is 36.3. The van der Waals surface area contributed by atoms with Crippen molar-refractivity contribution in [2.45, 2.75) is 26.4 Å². The van der Waals surface area contributed by atoms with Gasteiger partial charge in [-0.05, 0) is 32.1 Å². The zero-order chi connectivity index (χ0) is 20.7. The molecule has 152 valence electrons. The van der Waals surface area contributed by atoms with E-state index in [1.165, 1.54) is 25.1 Å². The van der Waals surface area contributed by atoms with E-state index in [1.807, 2.05) is 26.0 Å². The summed E-state index contributed by atoms with van der Waals surface area (Å²) < 4.78 is 16.3. The van der Waals surface area contributed by atoms with E-state index in [-0.39, 0.29) is 18.6 Å². The summed E-state index contributed by atoms with van der Waals surface area (Å²) >= 11 is 0. The fourth-order valence-corrected chi connectivity index (χ4v) is 2.70. The Kier molecular flexibility index (Phi) is 7.43. The summed E-state index contributed by atoms with van der Waals surface area (Å²) in [6.45, 7) is 3.82. The van der Waals surface area contributed by atoms with E-state index in [9.17, 15) is 14.4 Å². The predicted molar refractivity (Wildman–Crippen MR) is 103 cm³/mol. The lowest BCUT2D eigenvalue weighted by Gasteiger charge is -2.15. The number of esters is 1. The largest absolute Gasteiger partial charge is 0.493 e. The van der Waals surface area contributed by atoms with E-state index < -0.39 is 18.5 Å². The highest BCUT2D eigenvalue weighted by molar-refractivity contribution is 5.90. The van der Waals surface area contributed by atoms with Gasteiger partial charge in [0.25, 0.3) is 5.91 Å². The Hall–Kier alpha value is -3.03. The summed E-state index contributed by atoms with van der Waals surface area (Å²) in [5, 5.41) is 2.42. The number of ether oxygens (including phenoxy) is 3. The minimum absolute atomic E-state index is 0.103. The Morgan fingerprint density at radius 1 is 1.36 bits per heavy atom. The molecule has 0 saturated carbocycles. The van der Waals surface area contributed by atoms with Crippen molar-refractivity contribution < 1.29 is 28.6 Å². The first-order chi connectivity index (χ1) is 13.3. The van der Waals surface area contributed by atoms with E-state index in [0.717, 1.165) is 17.7 Å². The van der Waals surface area contributed by atoms with E-state index in [0.29, 0.717) is 17.9 Å². The van der Waals surface area contributed by atoms with Crippen molar-refractivity contribution in [1.82, 2.24) is 10.2 Å². The van der Waals surface area contributed by atoms with Crippen molar-refractivity contribution >= 4 is 23.9 Å². The van der Waals surface area contributed by atoms with Crippen molar-refractivity contribution in [3.05, 3.63) is 29.3 Å². The van der Waals surface area contributed by atoms with Crippen LogP contribution in [0.3, 0.4) is 0 Å². The molecular formula is C20H26N2O6. The number of carbonyl (C=O) groups is 3. The fourth-order valence-electron chi connectivity index (χ4n) is 2.70. The van der Waals surface area contributed by atoms with Crippen molar-refractivity contribution in [2.24, 2.45) is 0 Å². The molecule has 8 nitrogen and oxygen atoms in total. The molecule has 8 heteroatoms. The Morgan fingerprint density at radius 2 is 2.11 bits per heavy atom. The smallest absolute Gasteiger partial charge is 0.331 e. The molecular weight excluding hydrogens is 364 g/mol. The van der Waals surface area contributed by atoms with Gasteiger partial charge in [0.05, 0.1) is 13.2 Å². The third-order valence-electron chi connectivity index (χ3n) is 4.15. The lowest BCUT2D eigenvalue weighted by Crippen LogP contribution is -2.38. The molecule has 2 rings (SSSR count). The number of likely N-dealkylation sites (N-methyl/N-ethyl adjacent to an activating group) is 2. The highest BCUT2D eigenvalue weighted by Crippen LogP contribution is 2.35.